The molecule has 0 aliphatic heterocycles. The van der Waals surface area contributed by atoms with Crippen LogP contribution >= 0.6 is 15.9 Å². The third kappa shape index (κ3) is 2.86. The third-order valence-corrected chi connectivity index (χ3v) is 2.87. The first kappa shape index (κ1) is 12.6. The maximum atomic E-state index is 5.56. The van der Waals surface area contributed by atoms with Crippen molar-refractivity contribution in [1.82, 2.24) is 15.0 Å². The summed E-state index contributed by atoms with van der Waals surface area (Å²) >= 11 is 3.45. The molecule has 6 nitrogen and oxygen atoms in total. The molecule has 0 saturated carbocycles. The van der Waals surface area contributed by atoms with Crippen LogP contribution in [0.3, 0.4) is 0 Å². The van der Waals surface area contributed by atoms with E-state index in [1.807, 2.05) is 25.1 Å². The van der Waals surface area contributed by atoms with E-state index >= 15 is 0 Å². The number of methoxy groups -OCH3 is 1. The predicted octanol–water partition coefficient (Wildman–Crippen LogP) is 2.28. The number of halogens is 1. The van der Waals surface area contributed by atoms with E-state index in [1.165, 1.54) is 7.11 Å². The summed E-state index contributed by atoms with van der Waals surface area (Å²) in [4.78, 5) is 11.9. The van der Waals surface area contributed by atoms with Crippen molar-refractivity contribution in [3.8, 4) is 6.01 Å². The van der Waals surface area contributed by atoms with Crippen molar-refractivity contribution >= 4 is 33.5 Å². The Bertz CT molecular complexity index is 575. The van der Waals surface area contributed by atoms with Crippen LogP contribution in [0.15, 0.2) is 22.7 Å². The fourth-order valence-electron chi connectivity index (χ4n) is 1.37. The highest BCUT2D eigenvalue weighted by Gasteiger charge is 2.07. The van der Waals surface area contributed by atoms with Gasteiger partial charge >= 0.3 is 6.01 Å². The van der Waals surface area contributed by atoms with Gasteiger partial charge in [0.1, 0.15) is 0 Å². The molecule has 18 heavy (non-hydrogen) atoms. The number of rotatable bonds is 3. The molecule has 0 aliphatic carbocycles. The first-order chi connectivity index (χ1) is 8.58. The zero-order chi connectivity index (χ0) is 13.1. The molecule has 1 heterocycles. The van der Waals surface area contributed by atoms with E-state index in [4.69, 9.17) is 10.5 Å². The Morgan fingerprint density at radius 2 is 2.06 bits per heavy atom. The Morgan fingerprint density at radius 3 is 2.78 bits per heavy atom. The lowest BCUT2D eigenvalue weighted by Gasteiger charge is -2.09. The Labute approximate surface area is 113 Å². The average Bonchev–Trinajstić information content (AvgIpc) is 2.33. The minimum absolute atomic E-state index is 0.105. The molecule has 94 valence electrons. The molecule has 1 aromatic carbocycles. The molecule has 7 heteroatoms. The first-order valence-corrected chi connectivity index (χ1v) is 5.96. The van der Waals surface area contributed by atoms with Gasteiger partial charge in [-0.2, -0.15) is 15.0 Å². The first-order valence-electron chi connectivity index (χ1n) is 5.17. The van der Waals surface area contributed by atoms with Gasteiger partial charge in [-0.15, -0.1) is 0 Å². The molecule has 0 radical (unpaired) electrons. The standard InChI is InChI=1S/C11H12BrN5O/c1-6-3-4-7(12)8(5-6)14-10-15-9(13)16-11(17-10)18-2/h3-5H,1-2H3,(H3,13,14,15,16,17). The van der Waals surface area contributed by atoms with Gasteiger partial charge in [0.2, 0.25) is 11.9 Å². The minimum atomic E-state index is 0.105. The Kier molecular flexibility index (Phi) is 3.61. The highest BCUT2D eigenvalue weighted by Crippen LogP contribution is 2.26. The Morgan fingerprint density at radius 1 is 1.28 bits per heavy atom. The van der Waals surface area contributed by atoms with Crippen molar-refractivity contribution < 1.29 is 4.74 Å². The van der Waals surface area contributed by atoms with E-state index in [2.05, 4.69) is 36.2 Å². The topological polar surface area (TPSA) is 86.0 Å². The Hall–Kier alpha value is -1.89. The van der Waals surface area contributed by atoms with Crippen molar-refractivity contribution in [3.05, 3.63) is 28.2 Å². The van der Waals surface area contributed by atoms with Crippen LogP contribution in [-0.2, 0) is 0 Å². The Balaban J connectivity index is 2.33. The second kappa shape index (κ2) is 5.18. The zero-order valence-electron chi connectivity index (χ0n) is 9.94. The average molecular weight is 310 g/mol. The van der Waals surface area contributed by atoms with Gasteiger partial charge in [0.15, 0.2) is 0 Å². The molecule has 0 unspecified atom stereocenters. The van der Waals surface area contributed by atoms with Crippen molar-refractivity contribution in [2.75, 3.05) is 18.2 Å². The van der Waals surface area contributed by atoms with E-state index in [0.717, 1.165) is 15.7 Å². The number of hydrogen-bond acceptors (Lipinski definition) is 6. The van der Waals surface area contributed by atoms with Crippen LogP contribution in [0.2, 0.25) is 0 Å². The molecule has 0 aliphatic rings. The number of benzene rings is 1. The molecular formula is C11H12BrN5O. The molecule has 0 atom stereocenters. The van der Waals surface area contributed by atoms with Crippen molar-refractivity contribution in [2.24, 2.45) is 0 Å². The molecule has 0 bridgehead atoms. The monoisotopic (exact) mass is 309 g/mol. The smallest absolute Gasteiger partial charge is 0.322 e. The summed E-state index contributed by atoms with van der Waals surface area (Å²) in [6.07, 6.45) is 0. The van der Waals surface area contributed by atoms with Gasteiger partial charge < -0.3 is 15.8 Å². The number of ether oxygens (including phenoxy) is 1. The van der Waals surface area contributed by atoms with Crippen LogP contribution in [0.1, 0.15) is 5.56 Å². The lowest BCUT2D eigenvalue weighted by atomic mass is 10.2. The lowest BCUT2D eigenvalue weighted by Crippen LogP contribution is -2.05. The highest BCUT2D eigenvalue weighted by atomic mass is 79.9. The number of aromatic nitrogens is 3. The van der Waals surface area contributed by atoms with Crippen molar-refractivity contribution in [2.45, 2.75) is 6.92 Å². The molecule has 0 fully saturated rings. The van der Waals surface area contributed by atoms with E-state index in [-0.39, 0.29) is 12.0 Å². The normalized spacial score (nSPS) is 10.2. The second-order valence-corrected chi connectivity index (χ2v) is 4.47. The van der Waals surface area contributed by atoms with E-state index in [1.54, 1.807) is 0 Å². The summed E-state index contributed by atoms with van der Waals surface area (Å²) in [5, 5.41) is 3.06. The summed E-state index contributed by atoms with van der Waals surface area (Å²) in [7, 11) is 1.47. The lowest BCUT2D eigenvalue weighted by molar-refractivity contribution is 0.380. The van der Waals surface area contributed by atoms with E-state index in [9.17, 15) is 0 Å². The quantitative estimate of drug-likeness (QED) is 0.904. The van der Waals surface area contributed by atoms with Gasteiger partial charge in [0.25, 0.3) is 0 Å². The second-order valence-electron chi connectivity index (χ2n) is 3.61. The van der Waals surface area contributed by atoms with Crippen LogP contribution in [0.5, 0.6) is 6.01 Å². The maximum absolute atomic E-state index is 5.56. The molecular weight excluding hydrogens is 298 g/mol. The molecule has 0 amide bonds. The zero-order valence-corrected chi connectivity index (χ0v) is 11.5. The SMILES string of the molecule is COc1nc(N)nc(Nc2cc(C)ccc2Br)n1. The van der Waals surface area contributed by atoms with Gasteiger partial charge in [-0.3, -0.25) is 0 Å². The fourth-order valence-corrected chi connectivity index (χ4v) is 1.72. The van der Waals surface area contributed by atoms with Crippen molar-refractivity contribution in [3.63, 3.8) is 0 Å². The summed E-state index contributed by atoms with van der Waals surface area (Å²) in [6, 6.07) is 6.09. The highest BCUT2D eigenvalue weighted by molar-refractivity contribution is 9.10. The van der Waals surface area contributed by atoms with Crippen molar-refractivity contribution in [1.29, 1.82) is 0 Å². The number of anilines is 3. The molecule has 0 spiro atoms. The summed E-state index contributed by atoms with van der Waals surface area (Å²) < 4.78 is 5.84. The number of hydrogen-bond donors (Lipinski definition) is 2. The van der Waals surface area contributed by atoms with Crippen LogP contribution in [0.4, 0.5) is 17.6 Å². The van der Waals surface area contributed by atoms with Gasteiger partial charge in [0.05, 0.1) is 12.8 Å². The van der Waals surface area contributed by atoms with Crippen LogP contribution in [0.25, 0.3) is 0 Å². The summed E-state index contributed by atoms with van der Waals surface area (Å²) in [6.45, 7) is 2.00. The van der Waals surface area contributed by atoms with E-state index < -0.39 is 0 Å². The van der Waals surface area contributed by atoms with Gasteiger partial charge in [-0.25, -0.2) is 0 Å². The number of nitrogen functional groups attached to an aromatic ring is 1. The summed E-state index contributed by atoms with van der Waals surface area (Å²) in [5.74, 6) is 0.443. The van der Waals surface area contributed by atoms with Crippen LogP contribution in [0, 0.1) is 6.92 Å². The predicted molar refractivity (Wildman–Crippen MR) is 73.0 cm³/mol. The summed E-state index contributed by atoms with van der Waals surface area (Å²) in [5.41, 5.74) is 7.53. The number of nitrogens with zero attached hydrogens (tertiary/aromatic N) is 3. The molecule has 3 N–H and O–H groups in total. The minimum Gasteiger partial charge on any atom is -0.467 e. The number of nitrogens with two attached hydrogens (primary N) is 1. The van der Waals surface area contributed by atoms with Gasteiger partial charge in [-0.05, 0) is 40.5 Å². The maximum Gasteiger partial charge on any atom is 0.322 e. The molecule has 2 aromatic rings. The van der Waals surface area contributed by atoms with E-state index in [0.29, 0.717) is 5.95 Å². The largest absolute Gasteiger partial charge is 0.467 e. The molecule has 0 saturated heterocycles. The molecule has 2 rings (SSSR count). The van der Waals surface area contributed by atoms with Gasteiger partial charge in [-0.1, -0.05) is 6.07 Å². The van der Waals surface area contributed by atoms with Gasteiger partial charge in [0, 0.05) is 4.47 Å². The number of aryl methyl sites for hydroxylation is 1. The van der Waals surface area contributed by atoms with Crippen LogP contribution < -0.4 is 15.8 Å². The third-order valence-electron chi connectivity index (χ3n) is 2.18. The number of nitrogens with one attached hydrogen (secondary N) is 1. The molecule has 1 aromatic heterocycles. The fraction of sp³-hybridized carbons (Fsp3) is 0.182. The van der Waals surface area contributed by atoms with Crippen LogP contribution in [-0.4, -0.2) is 22.1 Å².